The number of rotatable bonds is 7. The van der Waals surface area contributed by atoms with E-state index >= 15 is 0 Å². The number of nitrogens with zero attached hydrogens (tertiary/aromatic N) is 1. The Morgan fingerprint density at radius 1 is 1.33 bits per heavy atom. The first-order valence-electron chi connectivity index (χ1n) is 6.51. The highest BCUT2D eigenvalue weighted by Crippen LogP contribution is 2.14. The van der Waals surface area contributed by atoms with Crippen LogP contribution in [0.1, 0.15) is 32.3 Å². The van der Waals surface area contributed by atoms with E-state index in [-0.39, 0.29) is 5.54 Å². The maximum absolute atomic E-state index is 5.98. The van der Waals surface area contributed by atoms with E-state index in [0.29, 0.717) is 0 Å². The van der Waals surface area contributed by atoms with Gasteiger partial charge in [-0.05, 0) is 58.0 Å². The summed E-state index contributed by atoms with van der Waals surface area (Å²) in [4.78, 5) is 2.32. The van der Waals surface area contributed by atoms with Gasteiger partial charge in [-0.2, -0.15) is 0 Å². The van der Waals surface area contributed by atoms with Crippen LogP contribution in [-0.4, -0.2) is 31.1 Å². The van der Waals surface area contributed by atoms with Crippen molar-refractivity contribution in [3.05, 3.63) is 29.8 Å². The normalized spacial score (nSPS) is 11.9. The molecule has 0 aliphatic carbocycles. The predicted molar refractivity (Wildman–Crippen MR) is 76.8 cm³/mol. The minimum atomic E-state index is -0.0587. The van der Waals surface area contributed by atoms with Crippen LogP contribution in [0.3, 0.4) is 0 Å². The highest BCUT2D eigenvalue weighted by Gasteiger charge is 2.10. The largest absolute Gasteiger partial charge is 0.497 e. The van der Waals surface area contributed by atoms with E-state index < -0.39 is 0 Å². The Kier molecular flexibility index (Phi) is 5.63. The van der Waals surface area contributed by atoms with E-state index in [2.05, 4.69) is 37.9 Å². The summed E-state index contributed by atoms with van der Waals surface area (Å²) in [5.74, 6) is 0.920. The van der Waals surface area contributed by atoms with Gasteiger partial charge in [-0.1, -0.05) is 12.1 Å². The first kappa shape index (κ1) is 15.0. The van der Waals surface area contributed by atoms with Gasteiger partial charge in [0.2, 0.25) is 0 Å². The number of hydrogen-bond acceptors (Lipinski definition) is 3. The molecule has 0 fully saturated rings. The molecule has 0 saturated heterocycles. The molecule has 2 N–H and O–H groups in total. The monoisotopic (exact) mass is 250 g/mol. The van der Waals surface area contributed by atoms with Crippen LogP contribution in [0.5, 0.6) is 5.75 Å². The molecule has 1 aromatic rings. The van der Waals surface area contributed by atoms with Crippen LogP contribution in [0.4, 0.5) is 0 Å². The van der Waals surface area contributed by atoms with Crippen LogP contribution >= 0.6 is 0 Å². The van der Waals surface area contributed by atoms with Crippen molar-refractivity contribution in [3.8, 4) is 5.75 Å². The van der Waals surface area contributed by atoms with Gasteiger partial charge in [-0.25, -0.2) is 0 Å². The Morgan fingerprint density at radius 3 is 2.67 bits per heavy atom. The summed E-state index contributed by atoms with van der Waals surface area (Å²) in [5, 5.41) is 0. The molecule has 0 atom stereocenters. The molecule has 1 rings (SSSR count). The van der Waals surface area contributed by atoms with Gasteiger partial charge < -0.3 is 15.4 Å². The van der Waals surface area contributed by atoms with E-state index in [9.17, 15) is 0 Å². The van der Waals surface area contributed by atoms with Crippen molar-refractivity contribution in [2.75, 3.05) is 20.7 Å². The molecule has 18 heavy (non-hydrogen) atoms. The maximum atomic E-state index is 5.98. The molecule has 0 unspecified atom stereocenters. The zero-order valence-corrected chi connectivity index (χ0v) is 12.1. The van der Waals surface area contributed by atoms with Crippen LogP contribution in [0.25, 0.3) is 0 Å². The van der Waals surface area contributed by atoms with Crippen LogP contribution < -0.4 is 10.5 Å². The van der Waals surface area contributed by atoms with Crippen molar-refractivity contribution in [1.29, 1.82) is 0 Å². The zero-order chi connectivity index (χ0) is 13.6. The highest BCUT2D eigenvalue weighted by molar-refractivity contribution is 5.28. The summed E-state index contributed by atoms with van der Waals surface area (Å²) in [6.45, 7) is 6.17. The lowest BCUT2D eigenvalue weighted by Crippen LogP contribution is -2.33. The Bertz CT molecular complexity index is 358. The van der Waals surface area contributed by atoms with Crippen molar-refractivity contribution in [1.82, 2.24) is 4.90 Å². The molecule has 102 valence electrons. The Morgan fingerprint density at radius 2 is 2.06 bits per heavy atom. The summed E-state index contributed by atoms with van der Waals surface area (Å²) in [6.07, 6.45) is 2.18. The third-order valence-corrected chi connectivity index (χ3v) is 2.95. The van der Waals surface area contributed by atoms with E-state index in [1.807, 2.05) is 12.1 Å². The predicted octanol–water partition coefficient (Wildman–Crippen LogP) is 2.64. The summed E-state index contributed by atoms with van der Waals surface area (Å²) < 4.78 is 5.23. The number of ether oxygens (including phenoxy) is 1. The molecule has 0 bridgehead atoms. The molecule has 0 amide bonds. The standard InChI is InChI=1S/C15H26N2O/c1-15(2,16)9-6-10-17(3)12-13-7-5-8-14(11-13)18-4/h5,7-8,11H,6,9-10,12,16H2,1-4H3. The molecule has 3 heteroatoms. The lowest BCUT2D eigenvalue weighted by molar-refractivity contribution is 0.302. The van der Waals surface area contributed by atoms with Crippen LogP contribution in [-0.2, 0) is 6.54 Å². The topological polar surface area (TPSA) is 38.5 Å². The molecule has 0 aromatic heterocycles. The second kappa shape index (κ2) is 6.76. The summed E-state index contributed by atoms with van der Waals surface area (Å²) in [7, 11) is 3.84. The third-order valence-electron chi connectivity index (χ3n) is 2.95. The van der Waals surface area contributed by atoms with Crippen molar-refractivity contribution in [2.45, 2.75) is 38.8 Å². The first-order valence-corrected chi connectivity index (χ1v) is 6.51. The Balaban J connectivity index is 2.37. The number of nitrogens with two attached hydrogens (primary N) is 1. The van der Waals surface area contributed by atoms with Crippen molar-refractivity contribution in [2.24, 2.45) is 5.73 Å². The van der Waals surface area contributed by atoms with E-state index in [1.54, 1.807) is 7.11 Å². The second-order valence-electron chi connectivity index (χ2n) is 5.68. The molecule has 0 aliphatic heterocycles. The Labute approximate surface area is 111 Å². The maximum Gasteiger partial charge on any atom is 0.119 e. The summed E-state index contributed by atoms with van der Waals surface area (Å²) in [5.41, 5.74) is 7.20. The van der Waals surface area contributed by atoms with Crippen LogP contribution in [0.15, 0.2) is 24.3 Å². The minimum Gasteiger partial charge on any atom is -0.497 e. The molecule has 0 heterocycles. The molecular weight excluding hydrogens is 224 g/mol. The number of methoxy groups -OCH3 is 1. The van der Waals surface area contributed by atoms with Crippen molar-refractivity contribution >= 4 is 0 Å². The van der Waals surface area contributed by atoms with Gasteiger partial charge in [0, 0.05) is 12.1 Å². The highest BCUT2D eigenvalue weighted by atomic mass is 16.5. The molecular formula is C15H26N2O. The first-order chi connectivity index (χ1) is 8.40. The lowest BCUT2D eigenvalue weighted by Gasteiger charge is -2.21. The van der Waals surface area contributed by atoms with Gasteiger partial charge >= 0.3 is 0 Å². The fourth-order valence-corrected chi connectivity index (χ4v) is 1.97. The van der Waals surface area contributed by atoms with E-state index in [0.717, 1.165) is 31.7 Å². The SMILES string of the molecule is COc1cccc(CN(C)CCCC(C)(C)N)c1. The van der Waals surface area contributed by atoms with Gasteiger partial charge in [-0.15, -0.1) is 0 Å². The van der Waals surface area contributed by atoms with Crippen molar-refractivity contribution < 1.29 is 4.74 Å². The van der Waals surface area contributed by atoms with Gasteiger partial charge in [0.25, 0.3) is 0 Å². The minimum absolute atomic E-state index is 0.0587. The van der Waals surface area contributed by atoms with Gasteiger partial charge in [0.1, 0.15) is 5.75 Å². The Hall–Kier alpha value is -1.06. The van der Waals surface area contributed by atoms with E-state index in [4.69, 9.17) is 10.5 Å². The summed E-state index contributed by atoms with van der Waals surface area (Å²) >= 11 is 0. The third kappa shape index (κ3) is 6.03. The van der Waals surface area contributed by atoms with Crippen LogP contribution in [0.2, 0.25) is 0 Å². The van der Waals surface area contributed by atoms with Gasteiger partial charge in [-0.3, -0.25) is 0 Å². The molecule has 3 nitrogen and oxygen atoms in total. The summed E-state index contributed by atoms with van der Waals surface area (Å²) in [6, 6.07) is 8.22. The van der Waals surface area contributed by atoms with Gasteiger partial charge in [0.15, 0.2) is 0 Å². The lowest BCUT2D eigenvalue weighted by atomic mass is 10.00. The van der Waals surface area contributed by atoms with Crippen LogP contribution in [0, 0.1) is 0 Å². The fraction of sp³-hybridized carbons (Fsp3) is 0.600. The molecule has 0 aliphatic rings. The average Bonchev–Trinajstić information content (AvgIpc) is 2.27. The molecule has 0 saturated carbocycles. The average molecular weight is 250 g/mol. The molecule has 0 spiro atoms. The molecule has 0 radical (unpaired) electrons. The number of hydrogen-bond donors (Lipinski definition) is 1. The fourth-order valence-electron chi connectivity index (χ4n) is 1.97. The quantitative estimate of drug-likeness (QED) is 0.808. The van der Waals surface area contributed by atoms with E-state index in [1.165, 1.54) is 5.56 Å². The molecule has 1 aromatic carbocycles. The van der Waals surface area contributed by atoms with Crippen molar-refractivity contribution in [3.63, 3.8) is 0 Å². The number of benzene rings is 1. The second-order valence-corrected chi connectivity index (χ2v) is 5.68. The smallest absolute Gasteiger partial charge is 0.119 e. The van der Waals surface area contributed by atoms with Gasteiger partial charge in [0.05, 0.1) is 7.11 Å². The zero-order valence-electron chi connectivity index (χ0n) is 12.1.